The molecule has 0 fully saturated rings. The monoisotopic (exact) mass is 342 g/mol. The largest absolute Gasteiger partial charge is 0.389 e. The summed E-state index contributed by atoms with van der Waals surface area (Å²) in [5, 5.41) is 4.27. The molecule has 110 valence electrons. The van der Waals surface area contributed by atoms with Crippen molar-refractivity contribution in [3.05, 3.63) is 63.4 Å². The molecule has 3 N–H and O–H groups in total. The second-order valence-corrected chi connectivity index (χ2v) is 5.84. The van der Waals surface area contributed by atoms with Gasteiger partial charge in [-0.15, -0.1) is 0 Å². The first-order valence-corrected chi connectivity index (χ1v) is 7.36. The van der Waals surface area contributed by atoms with Crippen LogP contribution in [-0.2, 0) is 0 Å². The van der Waals surface area contributed by atoms with Crippen LogP contribution in [-0.4, -0.2) is 4.99 Å². The number of thiocarbonyl (C=S) groups is 1. The number of hydrogen-bond donors (Lipinski definition) is 2. The first kappa shape index (κ1) is 16.0. The molecule has 1 atom stereocenters. The van der Waals surface area contributed by atoms with Crippen molar-refractivity contribution in [2.75, 3.05) is 5.32 Å². The molecule has 0 aliphatic carbocycles. The number of nitrogens with two attached hydrogens (primary N) is 1. The zero-order valence-corrected chi connectivity index (χ0v) is 13.5. The minimum absolute atomic E-state index is 0.00463. The van der Waals surface area contributed by atoms with Crippen LogP contribution in [0, 0.1) is 5.82 Å². The Hall–Kier alpha value is -1.36. The van der Waals surface area contributed by atoms with Crippen LogP contribution in [0.1, 0.15) is 24.1 Å². The van der Waals surface area contributed by atoms with Gasteiger partial charge in [0.25, 0.3) is 0 Å². The van der Waals surface area contributed by atoms with E-state index in [1.165, 1.54) is 6.07 Å². The van der Waals surface area contributed by atoms with Crippen LogP contribution in [0.4, 0.5) is 10.1 Å². The Bertz CT molecular complexity index is 691. The third-order valence-electron chi connectivity index (χ3n) is 3.06. The number of hydrogen-bond acceptors (Lipinski definition) is 2. The van der Waals surface area contributed by atoms with Crippen molar-refractivity contribution in [1.82, 2.24) is 0 Å². The fourth-order valence-electron chi connectivity index (χ4n) is 2.06. The maximum Gasteiger partial charge on any atom is 0.135 e. The smallest absolute Gasteiger partial charge is 0.135 e. The highest BCUT2D eigenvalue weighted by Crippen LogP contribution is 2.30. The molecule has 2 aromatic rings. The molecule has 1 unspecified atom stereocenters. The third-order valence-corrected chi connectivity index (χ3v) is 3.83. The zero-order valence-electron chi connectivity index (χ0n) is 11.2. The summed E-state index contributed by atoms with van der Waals surface area (Å²) >= 11 is 17.0. The van der Waals surface area contributed by atoms with E-state index in [9.17, 15) is 4.39 Å². The average Bonchev–Trinajstić information content (AvgIpc) is 2.37. The Kier molecular flexibility index (Phi) is 5.04. The molecule has 2 nitrogen and oxygen atoms in total. The number of nitrogens with one attached hydrogen (secondary N) is 1. The highest BCUT2D eigenvalue weighted by molar-refractivity contribution is 7.80. The zero-order chi connectivity index (χ0) is 15.6. The van der Waals surface area contributed by atoms with Crippen molar-refractivity contribution in [2.24, 2.45) is 5.73 Å². The maximum atomic E-state index is 13.8. The number of benzene rings is 2. The lowest BCUT2D eigenvalue weighted by Gasteiger charge is -2.19. The number of rotatable bonds is 4. The van der Waals surface area contributed by atoms with E-state index < -0.39 is 5.82 Å². The summed E-state index contributed by atoms with van der Waals surface area (Å²) in [5.41, 5.74) is 7.16. The molecule has 0 aliphatic heterocycles. The molecular weight excluding hydrogens is 330 g/mol. The Morgan fingerprint density at radius 1 is 1.29 bits per heavy atom. The predicted octanol–water partition coefficient (Wildman–Crippen LogP) is 4.94. The van der Waals surface area contributed by atoms with Gasteiger partial charge in [0.1, 0.15) is 10.8 Å². The van der Waals surface area contributed by atoms with Gasteiger partial charge < -0.3 is 11.1 Å². The molecule has 0 saturated heterocycles. The topological polar surface area (TPSA) is 38.0 Å². The van der Waals surface area contributed by atoms with Gasteiger partial charge in [0.05, 0.1) is 11.6 Å². The van der Waals surface area contributed by atoms with E-state index in [1.807, 2.05) is 13.0 Å². The number of halogens is 3. The molecule has 0 saturated carbocycles. The Balaban J connectivity index is 2.34. The summed E-state index contributed by atoms with van der Waals surface area (Å²) < 4.78 is 13.8. The second kappa shape index (κ2) is 6.60. The van der Waals surface area contributed by atoms with Crippen molar-refractivity contribution in [3.8, 4) is 0 Å². The Morgan fingerprint density at radius 3 is 2.62 bits per heavy atom. The normalized spacial score (nSPS) is 12.0. The molecule has 0 aromatic heterocycles. The first-order chi connectivity index (χ1) is 9.90. The molecule has 21 heavy (non-hydrogen) atoms. The highest BCUT2D eigenvalue weighted by atomic mass is 35.5. The predicted molar refractivity (Wildman–Crippen MR) is 90.8 cm³/mol. The third kappa shape index (κ3) is 3.64. The van der Waals surface area contributed by atoms with Crippen molar-refractivity contribution < 1.29 is 4.39 Å². The van der Waals surface area contributed by atoms with Gasteiger partial charge in [-0.05, 0) is 36.8 Å². The maximum absolute atomic E-state index is 13.8. The summed E-state index contributed by atoms with van der Waals surface area (Å²) in [6.07, 6.45) is 0. The van der Waals surface area contributed by atoms with Crippen LogP contribution in [0.3, 0.4) is 0 Å². The van der Waals surface area contributed by atoms with E-state index in [0.717, 1.165) is 5.56 Å². The van der Waals surface area contributed by atoms with Crippen LogP contribution in [0.25, 0.3) is 0 Å². The van der Waals surface area contributed by atoms with Crippen molar-refractivity contribution in [1.29, 1.82) is 0 Å². The quantitative estimate of drug-likeness (QED) is 0.772. The molecular formula is C15H13Cl2FN2S. The van der Waals surface area contributed by atoms with E-state index in [4.69, 9.17) is 41.2 Å². The van der Waals surface area contributed by atoms with Crippen LogP contribution < -0.4 is 11.1 Å². The number of anilines is 1. The van der Waals surface area contributed by atoms with Gasteiger partial charge in [-0.2, -0.15) is 0 Å². The molecule has 0 radical (unpaired) electrons. The lowest BCUT2D eigenvalue weighted by molar-refractivity contribution is 0.625. The standard InChI is InChI=1S/C15H13Cl2FN2S/c1-8(10-6-5-9(16)7-11(10)17)20-13-4-2-3-12(18)14(13)15(19)21/h2-8,20H,1H3,(H2,19,21). The first-order valence-electron chi connectivity index (χ1n) is 6.20. The van der Waals surface area contributed by atoms with Crippen molar-refractivity contribution in [2.45, 2.75) is 13.0 Å². The summed E-state index contributed by atoms with van der Waals surface area (Å²) in [4.78, 5) is 0.00463. The second-order valence-electron chi connectivity index (χ2n) is 4.56. The van der Waals surface area contributed by atoms with Crippen LogP contribution in [0.5, 0.6) is 0 Å². The fraction of sp³-hybridized carbons (Fsp3) is 0.133. The van der Waals surface area contributed by atoms with Crippen LogP contribution in [0.15, 0.2) is 36.4 Å². The van der Waals surface area contributed by atoms with Gasteiger partial charge in [0, 0.05) is 15.7 Å². The van der Waals surface area contributed by atoms with E-state index in [-0.39, 0.29) is 16.6 Å². The van der Waals surface area contributed by atoms with Gasteiger partial charge in [-0.25, -0.2) is 4.39 Å². The molecule has 0 amide bonds. The summed E-state index contributed by atoms with van der Waals surface area (Å²) in [5.74, 6) is -0.457. The summed E-state index contributed by atoms with van der Waals surface area (Å²) in [7, 11) is 0. The SMILES string of the molecule is CC(Nc1cccc(F)c1C(N)=S)c1ccc(Cl)cc1Cl. The molecule has 2 rings (SSSR count). The highest BCUT2D eigenvalue weighted by Gasteiger charge is 2.15. The van der Waals surface area contributed by atoms with Crippen molar-refractivity contribution in [3.63, 3.8) is 0 Å². The molecule has 6 heteroatoms. The fourth-order valence-corrected chi connectivity index (χ4v) is 2.84. The Labute approximate surface area is 138 Å². The lowest BCUT2D eigenvalue weighted by atomic mass is 10.1. The van der Waals surface area contributed by atoms with Crippen LogP contribution >= 0.6 is 35.4 Å². The molecule has 0 spiro atoms. The van der Waals surface area contributed by atoms with Gasteiger partial charge in [-0.3, -0.25) is 0 Å². The molecule has 0 bridgehead atoms. The molecule has 0 heterocycles. The summed E-state index contributed by atoms with van der Waals surface area (Å²) in [6, 6.07) is 9.71. The summed E-state index contributed by atoms with van der Waals surface area (Å²) in [6.45, 7) is 1.91. The van der Waals surface area contributed by atoms with E-state index in [2.05, 4.69) is 5.32 Å². The Morgan fingerprint density at radius 2 is 2.00 bits per heavy atom. The van der Waals surface area contributed by atoms with Gasteiger partial charge >= 0.3 is 0 Å². The van der Waals surface area contributed by atoms with E-state index in [1.54, 1.807) is 24.3 Å². The molecule has 0 aliphatic rings. The molecule has 2 aromatic carbocycles. The lowest BCUT2D eigenvalue weighted by Crippen LogP contribution is -2.17. The minimum atomic E-state index is -0.457. The van der Waals surface area contributed by atoms with Crippen molar-refractivity contribution >= 4 is 46.1 Å². The van der Waals surface area contributed by atoms with Gasteiger partial charge in [0.2, 0.25) is 0 Å². The van der Waals surface area contributed by atoms with Gasteiger partial charge in [0.15, 0.2) is 0 Å². The van der Waals surface area contributed by atoms with Crippen LogP contribution in [0.2, 0.25) is 10.0 Å². The minimum Gasteiger partial charge on any atom is -0.389 e. The van der Waals surface area contributed by atoms with Gasteiger partial charge in [-0.1, -0.05) is 47.6 Å². The van der Waals surface area contributed by atoms with E-state index in [0.29, 0.717) is 15.7 Å². The van der Waals surface area contributed by atoms with E-state index >= 15 is 0 Å². The average molecular weight is 343 g/mol.